The second-order valence-electron chi connectivity index (χ2n) is 10.0. The first-order valence-corrected chi connectivity index (χ1v) is 12.1. The molecule has 0 saturated carbocycles. The summed E-state index contributed by atoms with van der Waals surface area (Å²) in [6.07, 6.45) is 1.93. The number of carbonyl (C=O) groups excluding carboxylic acids is 2. The van der Waals surface area contributed by atoms with Crippen LogP contribution in [0.15, 0.2) is 48.5 Å². The maximum absolute atomic E-state index is 13.8. The number of ether oxygens (including phenoxy) is 1. The van der Waals surface area contributed by atoms with Crippen LogP contribution in [0.1, 0.15) is 57.2 Å². The summed E-state index contributed by atoms with van der Waals surface area (Å²) in [6, 6.07) is 11.9. The molecule has 1 unspecified atom stereocenters. The summed E-state index contributed by atoms with van der Waals surface area (Å²) in [4.78, 5) is 27.0. The van der Waals surface area contributed by atoms with Crippen LogP contribution in [-0.2, 0) is 16.0 Å². The number of nitrogens with one attached hydrogen (secondary N) is 2. The highest BCUT2D eigenvalue weighted by molar-refractivity contribution is 5.78. The molecule has 0 bridgehead atoms. The van der Waals surface area contributed by atoms with E-state index in [2.05, 4.69) is 15.5 Å². The van der Waals surface area contributed by atoms with E-state index in [-0.39, 0.29) is 36.0 Å². The fraction of sp³-hybridized carbons (Fsp3) is 0.481. The molecule has 0 aliphatic carbocycles. The van der Waals surface area contributed by atoms with E-state index in [1.54, 1.807) is 45.0 Å². The molecule has 3 rings (SSSR count). The fourth-order valence-electron chi connectivity index (χ4n) is 4.17. The van der Waals surface area contributed by atoms with Gasteiger partial charge in [0.05, 0.1) is 12.5 Å². The van der Waals surface area contributed by atoms with Crippen molar-refractivity contribution in [2.45, 2.75) is 64.1 Å². The minimum Gasteiger partial charge on any atom is -0.444 e. The zero-order valence-corrected chi connectivity index (χ0v) is 20.7. The van der Waals surface area contributed by atoms with Crippen LogP contribution < -0.4 is 10.6 Å². The molecule has 8 heteroatoms. The second-order valence-corrected chi connectivity index (χ2v) is 10.0. The average Bonchev–Trinajstić information content (AvgIpc) is 2.78. The lowest BCUT2D eigenvalue weighted by molar-refractivity contribution is -0.121. The Morgan fingerprint density at radius 3 is 2.37 bits per heavy atom. The summed E-state index contributed by atoms with van der Waals surface area (Å²) in [5.41, 5.74) is 0.848. The smallest absolute Gasteiger partial charge is 0.408 e. The van der Waals surface area contributed by atoms with Gasteiger partial charge in [0, 0.05) is 25.7 Å². The maximum atomic E-state index is 13.8. The molecule has 1 fully saturated rings. The Morgan fingerprint density at radius 2 is 1.74 bits per heavy atom. The largest absolute Gasteiger partial charge is 0.444 e. The molecule has 1 aliphatic heterocycles. The van der Waals surface area contributed by atoms with Gasteiger partial charge in [0.15, 0.2) is 0 Å². The van der Waals surface area contributed by atoms with Crippen molar-refractivity contribution in [1.82, 2.24) is 15.5 Å². The number of amides is 2. The molecule has 0 spiro atoms. The molecule has 35 heavy (non-hydrogen) atoms. The van der Waals surface area contributed by atoms with Gasteiger partial charge in [-0.1, -0.05) is 24.3 Å². The lowest BCUT2D eigenvalue weighted by Crippen LogP contribution is -2.45. The number of rotatable bonds is 8. The fourth-order valence-corrected chi connectivity index (χ4v) is 4.17. The Bertz CT molecular complexity index is 984. The molecule has 1 heterocycles. The summed E-state index contributed by atoms with van der Waals surface area (Å²) >= 11 is 0. The van der Waals surface area contributed by atoms with Crippen molar-refractivity contribution >= 4 is 12.0 Å². The highest BCUT2D eigenvalue weighted by Crippen LogP contribution is 2.21. The normalized spacial score (nSPS) is 15.9. The topological polar surface area (TPSA) is 70.7 Å². The molecule has 0 aromatic heterocycles. The molecule has 2 N–H and O–H groups in total. The van der Waals surface area contributed by atoms with E-state index in [4.69, 9.17) is 4.74 Å². The van der Waals surface area contributed by atoms with Crippen molar-refractivity contribution < 1.29 is 23.1 Å². The Kier molecular flexibility index (Phi) is 9.20. The van der Waals surface area contributed by atoms with Crippen LogP contribution >= 0.6 is 0 Å². The molecule has 1 atom stereocenters. The average molecular weight is 488 g/mol. The lowest BCUT2D eigenvalue weighted by atomic mass is 10.0. The quantitative estimate of drug-likeness (QED) is 0.564. The summed E-state index contributed by atoms with van der Waals surface area (Å²) in [6.45, 7) is 7.73. The van der Waals surface area contributed by atoms with Crippen LogP contribution in [0.3, 0.4) is 0 Å². The molecule has 2 aromatic rings. The number of hydrogen-bond donors (Lipinski definition) is 2. The van der Waals surface area contributed by atoms with Crippen molar-refractivity contribution in [3.63, 3.8) is 0 Å². The molecule has 1 aliphatic rings. The third-order valence-corrected chi connectivity index (χ3v) is 5.91. The highest BCUT2D eigenvalue weighted by atomic mass is 19.1. The minimum atomic E-state index is -0.625. The van der Waals surface area contributed by atoms with Crippen molar-refractivity contribution in [3.8, 4) is 0 Å². The predicted octanol–water partition coefficient (Wildman–Crippen LogP) is 4.74. The van der Waals surface area contributed by atoms with E-state index in [0.29, 0.717) is 18.5 Å². The predicted molar refractivity (Wildman–Crippen MR) is 131 cm³/mol. The number of piperidine rings is 1. The number of carbonyl (C=O) groups is 2. The molecule has 1 saturated heterocycles. The van der Waals surface area contributed by atoms with Gasteiger partial charge < -0.3 is 20.3 Å². The van der Waals surface area contributed by atoms with Crippen LogP contribution in [0.2, 0.25) is 0 Å². The van der Waals surface area contributed by atoms with Gasteiger partial charge in [0.1, 0.15) is 17.2 Å². The Hall–Kier alpha value is -3.00. The van der Waals surface area contributed by atoms with Crippen molar-refractivity contribution in [2.24, 2.45) is 0 Å². The zero-order chi connectivity index (χ0) is 25.4. The van der Waals surface area contributed by atoms with Crippen LogP contribution in [0.5, 0.6) is 0 Å². The van der Waals surface area contributed by atoms with Crippen LogP contribution in [-0.4, -0.2) is 48.2 Å². The van der Waals surface area contributed by atoms with Crippen LogP contribution in [0.4, 0.5) is 13.6 Å². The molecule has 0 radical (unpaired) electrons. The molecule has 6 nitrogen and oxygen atoms in total. The van der Waals surface area contributed by atoms with E-state index in [1.807, 2.05) is 0 Å². The summed E-state index contributed by atoms with van der Waals surface area (Å²) < 4.78 is 32.3. The van der Waals surface area contributed by atoms with E-state index in [9.17, 15) is 18.4 Å². The monoisotopic (exact) mass is 487 g/mol. The van der Waals surface area contributed by atoms with Gasteiger partial charge in [0.25, 0.3) is 0 Å². The van der Waals surface area contributed by atoms with Gasteiger partial charge >= 0.3 is 6.09 Å². The minimum absolute atomic E-state index is 0.0669. The van der Waals surface area contributed by atoms with Gasteiger partial charge in [-0.05, 0) is 75.4 Å². The Labute approximate surface area is 206 Å². The van der Waals surface area contributed by atoms with E-state index >= 15 is 0 Å². The Balaban J connectivity index is 1.48. The number of halogens is 2. The van der Waals surface area contributed by atoms with Crippen LogP contribution in [0, 0.1) is 11.6 Å². The van der Waals surface area contributed by atoms with Gasteiger partial charge in [0.2, 0.25) is 5.91 Å². The Morgan fingerprint density at radius 1 is 1.06 bits per heavy atom. The summed E-state index contributed by atoms with van der Waals surface area (Å²) in [5, 5.41) is 5.96. The number of likely N-dealkylation sites (tertiary alicyclic amines) is 1. The number of nitrogens with zero attached hydrogens (tertiary/aromatic N) is 1. The van der Waals surface area contributed by atoms with Crippen molar-refractivity contribution in [3.05, 3.63) is 71.3 Å². The van der Waals surface area contributed by atoms with E-state index in [1.165, 1.54) is 24.3 Å². The van der Waals surface area contributed by atoms with Gasteiger partial charge in [-0.2, -0.15) is 0 Å². The SMILES string of the molecule is CC(C)(C)OC(=O)NC(CCN1CCC(NC(=O)Cc2ccc(F)cc2)CC1)c1cccc(F)c1. The van der Waals surface area contributed by atoms with Gasteiger partial charge in [-0.15, -0.1) is 0 Å². The first kappa shape index (κ1) is 26.6. The van der Waals surface area contributed by atoms with E-state index in [0.717, 1.165) is 31.5 Å². The molecule has 2 amide bonds. The maximum Gasteiger partial charge on any atom is 0.408 e. The lowest BCUT2D eigenvalue weighted by Gasteiger charge is -2.33. The first-order chi connectivity index (χ1) is 16.6. The van der Waals surface area contributed by atoms with Gasteiger partial charge in [-0.3, -0.25) is 4.79 Å². The highest BCUT2D eigenvalue weighted by Gasteiger charge is 2.24. The molecular weight excluding hydrogens is 452 g/mol. The third-order valence-electron chi connectivity index (χ3n) is 5.91. The molecule has 2 aromatic carbocycles. The van der Waals surface area contributed by atoms with Gasteiger partial charge in [-0.25, -0.2) is 13.6 Å². The number of alkyl carbamates (subject to hydrolysis) is 1. The molecular formula is C27H35F2N3O3. The van der Waals surface area contributed by atoms with Crippen molar-refractivity contribution in [2.75, 3.05) is 19.6 Å². The van der Waals surface area contributed by atoms with Crippen LogP contribution in [0.25, 0.3) is 0 Å². The summed E-state index contributed by atoms with van der Waals surface area (Å²) in [7, 11) is 0. The summed E-state index contributed by atoms with van der Waals surface area (Å²) in [5.74, 6) is -0.735. The van der Waals surface area contributed by atoms with Crippen molar-refractivity contribution in [1.29, 1.82) is 0 Å². The third kappa shape index (κ3) is 9.28. The second kappa shape index (κ2) is 12.1. The number of hydrogen-bond acceptors (Lipinski definition) is 4. The first-order valence-electron chi connectivity index (χ1n) is 12.1. The van der Waals surface area contributed by atoms with E-state index < -0.39 is 11.7 Å². The zero-order valence-electron chi connectivity index (χ0n) is 20.7. The molecule has 190 valence electrons. The standard InChI is InChI=1S/C27H35F2N3O3/c1-27(2,3)35-26(34)31-24(20-5-4-6-22(29)18-20)13-16-32-14-11-23(12-15-32)30-25(33)17-19-7-9-21(28)10-8-19/h4-10,18,23-24H,11-17H2,1-3H3,(H,30,33)(H,31,34). The number of benzene rings is 2.